The third-order valence-corrected chi connectivity index (χ3v) is 3.71. The number of esters is 1. The molecule has 0 radical (unpaired) electrons. The van der Waals surface area contributed by atoms with E-state index in [2.05, 4.69) is 29.4 Å². The molecule has 2 N–H and O–H groups in total. The molecule has 2 unspecified atom stereocenters. The number of halogens is 1. The summed E-state index contributed by atoms with van der Waals surface area (Å²) in [5.41, 5.74) is 3.55. The van der Waals surface area contributed by atoms with Gasteiger partial charge in [0.25, 0.3) is 0 Å². The van der Waals surface area contributed by atoms with Crippen molar-refractivity contribution in [2.75, 3.05) is 6.61 Å². The molecule has 2 aromatic rings. The zero-order valence-electron chi connectivity index (χ0n) is 11.6. The Morgan fingerprint density at radius 1 is 1.40 bits per heavy atom. The van der Waals surface area contributed by atoms with Crippen LogP contribution < -0.4 is 5.32 Å². The van der Waals surface area contributed by atoms with Crippen molar-refractivity contribution in [3.63, 3.8) is 0 Å². The first-order valence-electron chi connectivity index (χ1n) is 6.73. The van der Waals surface area contributed by atoms with E-state index in [4.69, 9.17) is 4.74 Å². The molecule has 0 saturated heterocycles. The van der Waals surface area contributed by atoms with E-state index in [-0.39, 0.29) is 30.5 Å². The normalized spacial score (nSPS) is 21.1. The second kappa shape index (κ2) is 5.85. The Hall–Kier alpha value is -1.52. The molecule has 0 bridgehead atoms. The second-order valence-corrected chi connectivity index (χ2v) is 4.96. The van der Waals surface area contributed by atoms with Crippen LogP contribution in [-0.2, 0) is 16.0 Å². The van der Waals surface area contributed by atoms with Crippen LogP contribution in [0.2, 0.25) is 0 Å². The van der Waals surface area contributed by atoms with E-state index in [0.717, 1.165) is 5.52 Å². The number of hydrogen-bond acceptors (Lipinski definition) is 3. The van der Waals surface area contributed by atoms with Crippen LogP contribution >= 0.6 is 12.4 Å². The quantitative estimate of drug-likeness (QED) is 0.838. The summed E-state index contributed by atoms with van der Waals surface area (Å²) in [5.74, 6) is -0.162. The maximum atomic E-state index is 11.9. The molecule has 2 heterocycles. The Labute approximate surface area is 124 Å². The summed E-state index contributed by atoms with van der Waals surface area (Å²) < 4.78 is 5.12. The van der Waals surface area contributed by atoms with Crippen LogP contribution in [0, 0.1) is 0 Å². The van der Waals surface area contributed by atoms with Crippen LogP contribution in [0.5, 0.6) is 0 Å². The second-order valence-electron chi connectivity index (χ2n) is 4.96. The molecule has 4 nitrogen and oxygen atoms in total. The summed E-state index contributed by atoms with van der Waals surface area (Å²) in [6.07, 6.45) is 0.683. The lowest BCUT2D eigenvalue weighted by molar-refractivity contribution is -0.146. The highest BCUT2D eigenvalue weighted by atomic mass is 35.5. The van der Waals surface area contributed by atoms with Crippen molar-refractivity contribution in [1.82, 2.24) is 10.3 Å². The van der Waals surface area contributed by atoms with Crippen molar-refractivity contribution < 1.29 is 9.53 Å². The van der Waals surface area contributed by atoms with Crippen molar-refractivity contribution in [3.05, 3.63) is 35.5 Å². The molecule has 1 aromatic carbocycles. The van der Waals surface area contributed by atoms with Crippen LogP contribution in [0.25, 0.3) is 10.9 Å². The average molecular weight is 295 g/mol. The molecule has 1 aromatic heterocycles. The largest absolute Gasteiger partial charge is 0.465 e. The first kappa shape index (κ1) is 14.9. The molecule has 0 fully saturated rings. The summed E-state index contributed by atoms with van der Waals surface area (Å²) in [5, 5.41) is 4.52. The van der Waals surface area contributed by atoms with E-state index in [1.165, 1.54) is 16.6 Å². The van der Waals surface area contributed by atoms with Gasteiger partial charge in [0.1, 0.15) is 6.04 Å². The number of benzene rings is 1. The molecular weight excluding hydrogens is 276 g/mol. The van der Waals surface area contributed by atoms with Crippen molar-refractivity contribution in [1.29, 1.82) is 0 Å². The Kier molecular flexibility index (Phi) is 4.35. The molecule has 1 aliphatic heterocycles. The van der Waals surface area contributed by atoms with Gasteiger partial charge in [-0.05, 0) is 25.5 Å². The molecule has 108 valence electrons. The van der Waals surface area contributed by atoms with Crippen LogP contribution in [0.15, 0.2) is 24.3 Å². The molecule has 2 atom stereocenters. The van der Waals surface area contributed by atoms with Gasteiger partial charge in [-0.2, -0.15) is 0 Å². The summed E-state index contributed by atoms with van der Waals surface area (Å²) in [6.45, 7) is 4.33. The van der Waals surface area contributed by atoms with Crippen molar-refractivity contribution in [3.8, 4) is 0 Å². The Morgan fingerprint density at radius 2 is 2.15 bits per heavy atom. The number of hydrogen-bond donors (Lipinski definition) is 2. The number of aromatic amines is 1. The molecule has 20 heavy (non-hydrogen) atoms. The maximum absolute atomic E-state index is 11.9. The highest BCUT2D eigenvalue weighted by molar-refractivity contribution is 5.87. The number of aromatic nitrogens is 1. The lowest BCUT2D eigenvalue weighted by Gasteiger charge is -2.27. The minimum Gasteiger partial charge on any atom is -0.465 e. The number of fused-ring (bicyclic) bond motifs is 3. The van der Waals surface area contributed by atoms with Crippen LogP contribution in [-0.4, -0.2) is 23.6 Å². The van der Waals surface area contributed by atoms with E-state index in [1.807, 2.05) is 19.1 Å². The predicted molar refractivity (Wildman–Crippen MR) is 81.2 cm³/mol. The molecule has 0 saturated carbocycles. The lowest BCUT2D eigenvalue weighted by atomic mass is 9.95. The minimum atomic E-state index is -0.248. The van der Waals surface area contributed by atoms with Gasteiger partial charge in [0.15, 0.2) is 0 Å². The molecular formula is C15H19ClN2O2. The first-order valence-corrected chi connectivity index (χ1v) is 6.73. The fourth-order valence-electron chi connectivity index (χ4n) is 2.85. The standard InChI is InChI=1S/C15H18N2O2.ClH/c1-3-19-15(18)13-8-11-10-6-4-5-7-12(10)17-14(11)9(2)16-13;/h4-7,9,13,16-17H,3,8H2,1-2H3;1H. The fraction of sp³-hybridized carbons (Fsp3) is 0.400. The number of nitrogens with one attached hydrogen (secondary N) is 2. The summed E-state index contributed by atoms with van der Waals surface area (Å²) >= 11 is 0. The smallest absolute Gasteiger partial charge is 0.323 e. The molecule has 0 amide bonds. The van der Waals surface area contributed by atoms with Crippen LogP contribution in [0.1, 0.15) is 31.1 Å². The first-order chi connectivity index (χ1) is 9.20. The van der Waals surface area contributed by atoms with Gasteiger partial charge in [0.2, 0.25) is 0 Å². The number of carbonyl (C=O) groups is 1. The number of carbonyl (C=O) groups excluding carboxylic acids is 1. The van der Waals surface area contributed by atoms with Gasteiger partial charge < -0.3 is 9.72 Å². The van der Waals surface area contributed by atoms with Gasteiger partial charge in [-0.25, -0.2) is 0 Å². The van der Waals surface area contributed by atoms with E-state index < -0.39 is 0 Å². The number of H-pyrrole nitrogens is 1. The Morgan fingerprint density at radius 3 is 2.90 bits per heavy atom. The van der Waals surface area contributed by atoms with Crippen LogP contribution in [0.3, 0.4) is 0 Å². The monoisotopic (exact) mass is 294 g/mol. The average Bonchev–Trinajstić information content (AvgIpc) is 2.78. The van der Waals surface area contributed by atoms with Gasteiger partial charge in [0.05, 0.1) is 6.61 Å². The highest BCUT2D eigenvalue weighted by Crippen LogP contribution is 2.31. The third-order valence-electron chi connectivity index (χ3n) is 3.71. The van der Waals surface area contributed by atoms with E-state index in [9.17, 15) is 4.79 Å². The molecule has 3 rings (SSSR count). The van der Waals surface area contributed by atoms with Gasteiger partial charge in [-0.15, -0.1) is 12.4 Å². The Bertz CT molecular complexity index is 623. The Balaban J connectivity index is 0.00000147. The minimum absolute atomic E-state index is 0. The highest BCUT2D eigenvalue weighted by Gasteiger charge is 2.31. The van der Waals surface area contributed by atoms with E-state index in [1.54, 1.807) is 0 Å². The predicted octanol–water partition coefficient (Wildman–Crippen LogP) is 2.73. The van der Waals surface area contributed by atoms with Gasteiger partial charge >= 0.3 is 5.97 Å². The van der Waals surface area contributed by atoms with Gasteiger partial charge in [-0.3, -0.25) is 10.1 Å². The van der Waals surface area contributed by atoms with Crippen molar-refractivity contribution in [2.45, 2.75) is 32.4 Å². The fourth-order valence-corrected chi connectivity index (χ4v) is 2.85. The van der Waals surface area contributed by atoms with E-state index in [0.29, 0.717) is 13.0 Å². The third kappa shape index (κ3) is 2.41. The summed E-state index contributed by atoms with van der Waals surface area (Å²) in [7, 11) is 0. The lowest BCUT2D eigenvalue weighted by Crippen LogP contribution is -2.44. The maximum Gasteiger partial charge on any atom is 0.323 e. The van der Waals surface area contributed by atoms with Crippen LogP contribution in [0.4, 0.5) is 0 Å². The zero-order chi connectivity index (χ0) is 13.4. The van der Waals surface area contributed by atoms with Gasteiger partial charge in [-0.1, -0.05) is 18.2 Å². The topological polar surface area (TPSA) is 54.1 Å². The van der Waals surface area contributed by atoms with Gasteiger partial charge in [0, 0.05) is 29.1 Å². The molecule has 0 aliphatic carbocycles. The van der Waals surface area contributed by atoms with Crippen molar-refractivity contribution >= 4 is 29.3 Å². The zero-order valence-corrected chi connectivity index (χ0v) is 12.4. The number of para-hydroxylation sites is 1. The number of rotatable bonds is 2. The summed E-state index contributed by atoms with van der Waals surface area (Å²) in [4.78, 5) is 15.4. The summed E-state index contributed by atoms with van der Waals surface area (Å²) in [6, 6.07) is 8.10. The van der Waals surface area contributed by atoms with Crippen molar-refractivity contribution in [2.24, 2.45) is 0 Å². The molecule has 0 spiro atoms. The molecule has 5 heteroatoms. The SMILES string of the molecule is CCOC(=O)C1Cc2c([nH]c3ccccc23)C(C)N1.Cl. The number of ether oxygens (including phenoxy) is 1. The molecule has 1 aliphatic rings. The van der Waals surface area contributed by atoms with E-state index >= 15 is 0 Å².